The van der Waals surface area contributed by atoms with E-state index in [0.717, 1.165) is 6.42 Å². The number of aromatic hydroxyl groups is 2. The fourth-order valence-electron chi connectivity index (χ4n) is 2.46. The lowest BCUT2D eigenvalue weighted by Gasteiger charge is -2.16. The first kappa shape index (κ1) is 16.6. The summed E-state index contributed by atoms with van der Waals surface area (Å²) in [7, 11) is 0. The van der Waals surface area contributed by atoms with E-state index in [1.54, 1.807) is 24.3 Å². The van der Waals surface area contributed by atoms with E-state index in [1.807, 2.05) is 60.7 Å². The van der Waals surface area contributed by atoms with Crippen molar-refractivity contribution < 1.29 is 10.2 Å². The molecule has 3 aromatic carbocycles. The van der Waals surface area contributed by atoms with Gasteiger partial charge in [-0.25, -0.2) is 0 Å². The minimum atomic E-state index is 0.286. The van der Waals surface area contributed by atoms with Crippen molar-refractivity contribution in [2.45, 2.75) is 19.3 Å². The smallest absolute Gasteiger partial charge is 0.115 e. The Morgan fingerprint density at radius 1 is 0.609 bits per heavy atom. The molecule has 0 aliphatic rings. The molecule has 2 N–H and O–H groups in total. The average Bonchev–Trinajstić information content (AvgIpc) is 2.61. The van der Waals surface area contributed by atoms with Gasteiger partial charge in [-0.05, 0) is 41.8 Å². The van der Waals surface area contributed by atoms with Gasteiger partial charge in [-0.1, -0.05) is 67.6 Å². The number of phenols is 2. The van der Waals surface area contributed by atoms with Crippen LogP contribution in [-0.4, -0.2) is 10.2 Å². The van der Waals surface area contributed by atoms with Crippen LogP contribution < -0.4 is 0 Å². The zero-order valence-electron chi connectivity index (χ0n) is 13.3. The van der Waals surface area contributed by atoms with E-state index in [4.69, 9.17) is 0 Å². The molecular formula is C21H22O2. The lowest BCUT2D eigenvalue weighted by atomic mass is 9.89. The third kappa shape index (κ3) is 5.19. The van der Waals surface area contributed by atoms with Crippen LogP contribution >= 0.6 is 0 Å². The van der Waals surface area contributed by atoms with E-state index in [2.05, 4.69) is 6.92 Å². The Kier molecular flexibility index (Phi) is 6.25. The molecule has 3 aromatic rings. The lowest BCUT2D eigenvalue weighted by Crippen LogP contribution is -1.98. The molecule has 0 amide bonds. The fourth-order valence-corrected chi connectivity index (χ4v) is 2.46. The molecule has 0 heterocycles. The van der Waals surface area contributed by atoms with Gasteiger partial charge in [0, 0.05) is 5.92 Å². The first-order valence-electron chi connectivity index (χ1n) is 7.78. The monoisotopic (exact) mass is 306 g/mol. The third-order valence-electron chi connectivity index (χ3n) is 3.67. The maximum atomic E-state index is 9.29. The highest BCUT2D eigenvalue weighted by Crippen LogP contribution is 2.29. The summed E-state index contributed by atoms with van der Waals surface area (Å²) in [6, 6.07) is 26.6. The van der Waals surface area contributed by atoms with Crippen molar-refractivity contribution in [3.8, 4) is 11.5 Å². The normalized spacial score (nSPS) is 10.0. The number of hydrogen-bond donors (Lipinski definition) is 2. The van der Waals surface area contributed by atoms with Crippen LogP contribution in [0.3, 0.4) is 0 Å². The Morgan fingerprint density at radius 3 is 1.17 bits per heavy atom. The van der Waals surface area contributed by atoms with Gasteiger partial charge in [-0.3, -0.25) is 0 Å². The summed E-state index contributed by atoms with van der Waals surface area (Å²) in [5.74, 6) is 0.875. The molecule has 0 radical (unpaired) electrons. The second-order valence-electron chi connectivity index (χ2n) is 5.30. The molecular weight excluding hydrogens is 284 g/mol. The molecule has 0 aliphatic carbocycles. The Bertz CT molecular complexity index is 601. The van der Waals surface area contributed by atoms with Crippen molar-refractivity contribution in [2.24, 2.45) is 0 Å². The molecule has 118 valence electrons. The predicted octanol–water partition coefficient (Wildman–Crippen LogP) is 5.33. The highest BCUT2D eigenvalue weighted by Gasteiger charge is 2.11. The predicted molar refractivity (Wildman–Crippen MR) is 94.8 cm³/mol. The molecule has 0 unspecified atom stereocenters. The standard InChI is InChI=1S/C15H16O2.C6H6/c1-2-15(11-3-7-13(16)8-4-11)12-5-9-14(17)10-6-12;1-2-4-6-5-3-1/h3-10,15-17H,2H2,1H3;1-6H. The number of hydrogen-bond acceptors (Lipinski definition) is 2. The maximum absolute atomic E-state index is 9.29. The van der Waals surface area contributed by atoms with Gasteiger partial charge in [-0.15, -0.1) is 0 Å². The Hall–Kier alpha value is -2.74. The van der Waals surface area contributed by atoms with Gasteiger partial charge in [0.05, 0.1) is 0 Å². The van der Waals surface area contributed by atoms with Gasteiger partial charge < -0.3 is 10.2 Å². The molecule has 3 rings (SSSR count). The van der Waals surface area contributed by atoms with E-state index in [1.165, 1.54) is 11.1 Å². The van der Waals surface area contributed by atoms with Crippen LogP contribution in [0.5, 0.6) is 11.5 Å². The first-order chi connectivity index (χ1) is 11.2. The van der Waals surface area contributed by atoms with Crippen LogP contribution in [0, 0.1) is 0 Å². The SMILES string of the molecule is CCC(c1ccc(O)cc1)c1ccc(O)cc1.c1ccccc1. The Labute approximate surface area is 137 Å². The largest absolute Gasteiger partial charge is 0.508 e. The van der Waals surface area contributed by atoms with Crippen LogP contribution in [0.2, 0.25) is 0 Å². The molecule has 2 nitrogen and oxygen atoms in total. The summed E-state index contributed by atoms with van der Waals surface area (Å²) in [6.45, 7) is 2.13. The van der Waals surface area contributed by atoms with Crippen molar-refractivity contribution >= 4 is 0 Å². The summed E-state index contributed by atoms with van der Waals surface area (Å²) in [5.41, 5.74) is 2.35. The van der Waals surface area contributed by atoms with E-state index < -0.39 is 0 Å². The lowest BCUT2D eigenvalue weighted by molar-refractivity contribution is 0.475. The Balaban J connectivity index is 0.000000268. The van der Waals surface area contributed by atoms with Crippen LogP contribution in [0.4, 0.5) is 0 Å². The summed E-state index contributed by atoms with van der Waals surface area (Å²) in [4.78, 5) is 0. The Morgan fingerprint density at radius 2 is 0.913 bits per heavy atom. The second-order valence-corrected chi connectivity index (χ2v) is 5.30. The fraction of sp³-hybridized carbons (Fsp3) is 0.143. The highest BCUT2D eigenvalue weighted by atomic mass is 16.3. The van der Waals surface area contributed by atoms with E-state index in [0.29, 0.717) is 5.92 Å². The topological polar surface area (TPSA) is 40.5 Å². The molecule has 0 bridgehead atoms. The molecule has 0 aliphatic heterocycles. The summed E-state index contributed by atoms with van der Waals surface area (Å²) >= 11 is 0. The second kappa shape index (κ2) is 8.64. The minimum absolute atomic E-state index is 0.286. The zero-order chi connectivity index (χ0) is 16.5. The van der Waals surface area contributed by atoms with Crippen LogP contribution in [0.25, 0.3) is 0 Å². The van der Waals surface area contributed by atoms with Gasteiger partial charge in [0.25, 0.3) is 0 Å². The third-order valence-corrected chi connectivity index (χ3v) is 3.67. The quantitative estimate of drug-likeness (QED) is 0.687. The van der Waals surface area contributed by atoms with Gasteiger partial charge in [0.1, 0.15) is 11.5 Å². The molecule has 0 fully saturated rings. The van der Waals surface area contributed by atoms with Crippen LogP contribution in [0.15, 0.2) is 84.9 Å². The van der Waals surface area contributed by atoms with Crippen molar-refractivity contribution in [3.05, 3.63) is 96.1 Å². The van der Waals surface area contributed by atoms with Gasteiger partial charge in [0.15, 0.2) is 0 Å². The van der Waals surface area contributed by atoms with Crippen molar-refractivity contribution in [2.75, 3.05) is 0 Å². The number of benzene rings is 3. The molecule has 0 saturated heterocycles. The number of phenolic OH excluding ortho intramolecular Hbond substituents is 2. The minimum Gasteiger partial charge on any atom is -0.508 e. The molecule has 0 atom stereocenters. The van der Waals surface area contributed by atoms with E-state index >= 15 is 0 Å². The summed E-state index contributed by atoms with van der Waals surface area (Å²) in [5, 5.41) is 18.6. The average molecular weight is 306 g/mol. The van der Waals surface area contributed by atoms with Crippen molar-refractivity contribution in [3.63, 3.8) is 0 Å². The molecule has 0 spiro atoms. The van der Waals surface area contributed by atoms with E-state index in [9.17, 15) is 10.2 Å². The van der Waals surface area contributed by atoms with Crippen molar-refractivity contribution in [1.29, 1.82) is 0 Å². The van der Waals surface area contributed by atoms with Gasteiger partial charge in [-0.2, -0.15) is 0 Å². The first-order valence-corrected chi connectivity index (χ1v) is 7.78. The number of rotatable bonds is 3. The highest BCUT2D eigenvalue weighted by molar-refractivity contribution is 5.37. The molecule has 0 saturated carbocycles. The van der Waals surface area contributed by atoms with Crippen LogP contribution in [0.1, 0.15) is 30.4 Å². The van der Waals surface area contributed by atoms with Crippen LogP contribution in [-0.2, 0) is 0 Å². The summed E-state index contributed by atoms with van der Waals surface area (Å²) < 4.78 is 0. The van der Waals surface area contributed by atoms with Gasteiger partial charge >= 0.3 is 0 Å². The molecule has 2 heteroatoms. The molecule has 0 aromatic heterocycles. The maximum Gasteiger partial charge on any atom is 0.115 e. The van der Waals surface area contributed by atoms with Crippen molar-refractivity contribution in [1.82, 2.24) is 0 Å². The van der Waals surface area contributed by atoms with Gasteiger partial charge in [0.2, 0.25) is 0 Å². The zero-order valence-corrected chi connectivity index (χ0v) is 13.3. The summed E-state index contributed by atoms with van der Waals surface area (Å²) in [6.07, 6.45) is 0.982. The van der Waals surface area contributed by atoms with E-state index in [-0.39, 0.29) is 11.5 Å². The molecule has 23 heavy (non-hydrogen) atoms.